The number of ether oxygens (including phenoxy) is 1. The number of para-hydroxylation sites is 1. The second-order valence-electron chi connectivity index (χ2n) is 7.80. The summed E-state index contributed by atoms with van der Waals surface area (Å²) in [6, 6.07) is 24.2. The van der Waals surface area contributed by atoms with E-state index >= 15 is 0 Å². The Morgan fingerprint density at radius 1 is 1.03 bits per heavy atom. The van der Waals surface area contributed by atoms with Gasteiger partial charge in [0.25, 0.3) is 5.56 Å². The number of carbonyl (C=O) groups is 1. The molecule has 8 heteroatoms. The van der Waals surface area contributed by atoms with Crippen LogP contribution in [0.15, 0.2) is 88.6 Å². The van der Waals surface area contributed by atoms with Crippen LogP contribution in [0.1, 0.15) is 29.8 Å². The lowest BCUT2D eigenvalue weighted by atomic mass is 10.1. The van der Waals surface area contributed by atoms with E-state index in [1.807, 2.05) is 54.6 Å². The number of aromatic nitrogens is 3. The number of thiazole rings is 1. The summed E-state index contributed by atoms with van der Waals surface area (Å²) in [6.07, 6.45) is 0. The quantitative estimate of drug-likeness (QED) is 0.246. The molecule has 0 aliphatic heterocycles. The molecule has 2 aromatic heterocycles. The maximum atomic E-state index is 13.6. The van der Waals surface area contributed by atoms with Gasteiger partial charge in [0.05, 0.1) is 45.0 Å². The Bertz CT molecular complexity index is 1560. The lowest BCUT2D eigenvalue weighted by Crippen LogP contribution is -2.19. The van der Waals surface area contributed by atoms with Crippen molar-refractivity contribution in [3.05, 3.63) is 100 Å². The molecule has 35 heavy (non-hydrogen) atoms. The third kappa shape index (κ3) is 4.43. The highest BCUT2D eigenvalue weighted by Crippen LogP contribution is 2.27. The van der Waals surface area contributed by atoms with Crippen LogP contribution < -0.4 is 5.56 Å². The summed E-state index contributed by atoms with van der Waals surface area (Å²) >= 11 is 1.44. The maximum absolute atomic E-state index is 13.6. The predicted molar refractivity (Wildman–Crippen MR) is 139 cm³/mol. The van der Waals surface area contributed by atoms with Crippen molar-refractivity contribution < 1.29 is 9.53 Å². The highest BCUT2D eigenvalue weighted by molar-refractivity contribution is 7.20. The smallest absolute Gasteiger partial charge is 0.338 e. The van der Waals surface area contributed by atoms with Gasteiger partial charge in [0.1, 0.15) is 0 Å². The van der Waals surface area contributed by atoms with Crippen LogP contribution in [0.5, 0.6) is 0 Å². The lowest BCUT2D eigenvalue weighted by Gasteiger charge is -2.04. The SMILES string of the molecule is CCOC(=O)c1ccc(N=C(C)c2c(-c3ccccc3)[nH]n(-c3nc4ccccc4s3)c2=O)cc1. The van der Waals surface area contributed by atoms with Crippen molar-refractivity contribution in [2.24, 2.45) is 4.99 Å². The molecule has 0 aliphatic rings. The minimum Gasteiger partial charge on any atom is -0.462 e. The number of aromatic amines is 1. The molecule has 0 aliphatic carbocycles. The Labute approximate surface area is 205 Å². The van der Waals surface area contributed by atoms with E-state index in [1.54, 1.807) is 38.1 Å². The maximum Gasteiger partial charge on any atom is 0.338 e. The van der Waals surface area contributed by atoms with Crippen molar-refractivity contribution in [3.63, 3.8) is 0 Å². The average molecular weight is 483 g/mol. The van der Waals surface area contributed by atoms with Crippen molar-refractivity contribution in [2.75, 3.05) is 6.61 Å². The van der Waals surface area contributed by atoms with E-state index < -0.39 is 0 Å². The molecule has 0 atom stereocenters. The van der Waals surface area contributed by atoms with Crippen LogP contribution in [-0.2, 0) is 4.74 Å². The molecule has 0 fully saturated rings. The van der Waals surface area contributed by atoms with E-state index in [2.05, 4.69) is 15.1 Å². The van der Waals surface area contributed by atoms with Crippen LogP contribution in [0, 0.1) is 0 Å². The predicted octanol–water partition coefficient (Wildman–Crippen LogP) is 5.76. The van der Waals surface area contributed by atoms with Crippen molar-refractivity contribution in [1.29, 1.82) is 0 Å². The van der Waals surface area contributed by atoms with Crippen LogP contribution in [-0.4, -0.2) is 33.1 Å². The third-order valence-electron chi connectivity index (χ3n) is 5.46. The highest BCUT2D eigenvalue weighted by Gasteiger charge is 2.21. The van der Waals surface area contributed by atoms with Crippen LogP contribution in [0.3, 0.4) is 0 Å². The summed E-state index contributed by atoms with van der Waals surface area (Å²) in [7, 11) is 0. The van der Waals surface area contributed by atoms with Gasteiger partial charge in [-0.05, 0) is 50.2 Å². The molecule has 0 unspecified atom stereocenters. The molecule has 0 saturated heterocycles. The number of aliphatic imine (C=N–C) groups is 1. The molecule has 1 N–H and O–H groups in total. The van der Waals surface area contributed by atoms with Gasteiger partial charge in [0, 0.05) is 5.56 Å². The first-order valence-corrected chi connectivity index (χ1v) is 12.0. The monoisotopic (exact) mass is 482 g/mol. The lowest BCUT2D eigenvalue weighted by molar-refractivity contribution is 0.0526. The molecule has 174 valence electrons. The van der Waals surface area contributed by atoms with Gasteiger partial charge < -0.3 is 4.74 Å². The van der Waals surface area contributed by atoms with Crippen molar-refractivity contribution in [2.45, 2.75) is 13.8 Å². The largest absolute Gasteiger partial charge is 0.462 e. The first kappa shape index (κ1) is 22.5. The molecular weight excluding hydrogens is 460 g/mol. The summed E-state index contributed by atoms with van der Waals surface area (Å²) in [5, 5.41) is 3.82. The second kappa shape index (κ2) is 9.52. The highest BCUT2D eigenvalue weighted by atomic mass is 32.1. The molecule has 5 rings (SSSR count). The molecule has 0 amide bonds. The Morgan fingerprint density at radius 3 is 2.46 bits per heavy atom. The van der Waals surface area contributed by atoms with Crippen molar-refractivity contribution in [1.82, 2.24) is 14.8 Å². The van der Waals surface area contributed by atoms with Gasteiger partial charge >= 0.3 is 5.97 Å². The first-order chi connectivity index (χ1) is 17.0. The molecule has 0 spiro atoms. The Kier molecular flexibility index (Phi) is 6.12. The molecule has 5 aromatic rings. The zero-order valence-electron chi connectivity index (χ0n) is 19.2. The minimum atomic E-state index is -0.379. The number of H-pyrrole nitrogens is 1. The number of rotatable bonds is 6. The van der Waals surface area contributed by atoms with Crippen LogP contribution in [0.2, 0.25) is 0 Å². The summed E-state index contributed by atoms with van der Waals surface area (Å²) in [6.45, 7) is 3.88. The van der Waals surface area contributed by atoms with E-state index in [1.165, 1.54) is 16.0 Å². The van der Waals surface area contributed by atoms with E-state index in [4.69, 9.17) is 4.74 Å². The van der Waals surface area contributed by atoms with Crippen molar-refractivity contribution >= 4 is 38.9 Å². The molecule has 2 heterocycles. The fourth-order valence-corrected chi connectivity index (χ4v) is 4.74. The minimum absolute atomic E-state index is 0.229. The zero-order valence-corrected chi connectivity index (χ0v) is 20.0. The second-order valence-corrected chi connectivity index (χ2v) is 8.81. The summed E-state index contributed by atoms with van der Waals surface area (Å²) < 4.78 is 7.51. The third-order valence-corrected chi connectivity index (χ3v) is 6.49. The topological polar surface area (TPSA) is 89.3 Å². The summed E-state index contributed by atoms with van der Waals surface area (Å²) in [5.74, 6) is -0.379. The number of carbonyl (C=O) groups excluding carboxylic acids is 1. The fraction of sp³-hybridized carbons (Fsp3) is 0.111. The fourth-order valence-electron chi connectivity index (χ4n) is 3.81. The summed E-state index contributed by atoms with van der Waals surface area (Å²) in [5.41, 5.74) is 4.23. The summed E-state index contributed by atoms with van der Waals surface area (Å²) in [4.78, 5) is 34.9. The molecule has 0 bridgehead atoms. The number of nitrogens with one attached hydrogen (secondary N) is 1. The van der Waals surface area contributed by atoms with Gasteiger partial charge in [0.15, 0.2) is 0 Å². The van der Waals surface area contributed by atoms with E-state index in [0.29, 0.717) is 40.0 Å². The van der Waals surface area contributed by atoms with E-state index in [-0.39, 0.29) is 11.5 Å². The number of esters is 1. The normalized spacial score (nSPS) is 11.7. The van der Waals surface area contributed by atoms with Crippen LogP contribution in [0.25, 0.3) is 26.6 Å². The van der Waals surface area contributed by atoms with E-state index in [9.17, 15) is 9.59 Å². The number of hydrogen-bond donors (Lipinski definition) is 1. The van der Waals surface area contributed by atoms with Gasteiger partial charge in [-0.25, -0.2) is 9.78 Å². The Hall–Kier alpha value is -4.30. The molecule has 0 saturated carbocycles. The van der Waals surface area contributed by atoms with Crippen molar-refractivity contribution in [3.8, 4) is 16.4 Å². The number of hydrogen-bond acceptors (Lipinski definition) is 6. The standard InChI is InChI=1S/C27H22N4O3S/c1-3-34-26(33)19-13-15-20(16-14-19)28-17(2)23-24(18-9-5-4-6-10-18)30-31(25(23)32)27-29-21-11-7-8-12-22(21)35-27/h4-16,30H,3H2,1-2H3. The van der Waals surface area contributed by atoms with Gasteiger partial charge in [-0.2, -0.15) is 4.68 Å². The number of benzene rings is 3. The van der Waals surface area contributed by atoms with Crippen LogP contribution >= 0.6 is 11.3 Å². The van der Waals surface area contributed by atoms with Crippen LogP contribution in [0.4, 0.5) is 5.69 Å². The molecule has 3 aromatic carbocycles. The molecular formula is C27H22N4O3S. The first-order valence-electron chi connectivity index (χ1n) is 11.1. The molecule has 7 nitrogen and oxygen atoms in total. The van der Waals surface area contributed by atoms with E-state index in [0.717, 1.165) is 15.8 Å². The van der Waals surface area contributed by atoms with Gasteiger partial charge in [0.2, 0.25) is 5.13 Å². The molecule has 0 radical (unpaired) electrons. The van der Waals surface area contributed by atoms with Gasteiger partial charge in [-0.1, -0.05) is 53.8 Å². The number of nitrogens with zero attached hydrogens (tertiary/aromatic N) is 3. The average Bonchev–Trinajstić information content (AvgIpc) is 3.46. The Balaban J connectivity index is 1.60. The zero-order chi connectivity index (χ0) is 24.4. The van der Waals surface area contributed by atoms with Gasteiger partial charge in [-0.15, -0.1) is 0 Å². The van der Waals surface area contributed by atoms with Gasteiger partial charge in [-0.3, -0.25) is 14.9 Å². The number of fused-ring (bicyclic) bond motifs is 1. The Morgan fingerprint density at radius 2 is 1.74 bits per heavy atom.